The lowest BCUT2D eigenvalue weighted by Gasteiger charge is -2.00. The third-order valence-electron chi connectivity index (χ3n) is 1.80. The van der Waals surface area contributed by atoms with Crippen LogP contribution >= 0.6 is 0 Å². The number of hydrogen-bond acceptors (Lipinski definition) is 2. The van der Waals surface area contributed by atoms with Crippen molar-refractivity contribution in [3.05, 3.63) is 12.2 Å². The second-order valence-electron chi connectivity index (χ2n) is 2.71. The number of rotatable bonds is 3. The van der Waals surface area contributed by atoms with E-state index in [9.17, 15) is 0 Å². The van der Waals surface area contributed by atoms with Gasteiger partial charge in [-0.15, -0.1) is 0 Å². The van der Waals surface area contributed by atoms with Crippen LogP contribution in [0.4, 0.5) is 0 Å². The van der Waals surface area contributed by atoms with Crippen molar-refractivity contribution in [1.29, 1.82) is 0 Å². The maximum Gasteiger partial charge on any atom is 0.0250 e. The van der Waals surface area contributed by atoms with Crippen molar-refractivity contribution in [3.63, 3.8) is 0 Å². The van der Waals surface area contributed by atoms with Gasteiger partial charge in [0.25, 0.3) is 0 Å². The van der Waals surface area contributed by atoms with Gasteiger partial charge in [0.1, 0.15) is 0 Å². The predicted octanol–water partition coefficient (Wildman–Crippen LogP) is 0.643. The maximum atomic E-state index is 5.34. The van der Waals surface area contributed by atoms with E-state index in [-0.39, 0.29) is 0 Å². The molecule has 0 bridgehead atoms. The van der Waals surface area contributed by atoms with E-state index in [2.05, 4.69) is 17.5 Å². The Labute approximate surface area is 62.5 Å². The van der Waals surface area contributed by atoms with E-state index in [0.717, 1.165) is 13.0 Å². The molecule has 1 aliphatic rings. The molecule has 1 heterocycles. The van der Waals surface area contributed by atoms with Crippen molar-refractivity contribution in [1.82, 2.24) is 5.32 Å². The Balaban J connectivity index is 2.10. The zero-order valence-electron chi connectivity index (χ0n) is 6.34. The highest BCUT2D eigenvalue weighted by Crippen LogP contribution is 2.05. The van der Waals surface area contributed by atoms with Crippen molar-refractivity contribution in [3.8, 4) is 0 Å². The van der Waals surface area contributed by atoms with Crippen LogP contribution in [0.3, 0.4) is 0 Å². The summed E-state index contributed by atoms with van der Waals surface area (Å²) < 4.78 is 0. The summed E-state index contributed by atoms with van der Waals surface area (Å²) in [4.78, 5) is 0. The van der Waals surface area contributed by atoms with Crippen LogP contribution in [0.1, 0.15) is 19.3 Å². The fourth-order valence-corrected chi connectivity index (χ4v) is 1.23. The van der Waals surface area contributed by atoms with E-state index in [1.54, 1.807) is 0 Å². The molecule has 58 valence electrons. The Bertz CT molecular complexity index is 104. The molecule has 1 unspecified atom stereocenters. The molecule has 0 aliphatic carbocycles. The van der Waals surface area contributed by atoms with Gasteiger partial charge in [0.2, 0.25) is 0 Å². The van der Waals surface area contributed by atoms with Gasteiger partial charge in [-0.1, -0.05) is 12.2 Å². The molecule has 0 amide bonds. The average molecular weight is 140 g/mol. The van der Waals surface area contributed by atoms with Crippen molar-refractivity contribution < 1.29 is 0 Å². The van der Waals surface area contributed by atoms with E-state index < -0.39 is 0 Å². The largest absolute Gasteiger partial charge is 0.330 e. The minimum absolute atomic E-state index is 0.631. The van der Waals surface area contributed by atoms with Crippen molar-refractivity contribution in [2.45, 2.75) is 25.3 Å². The molecule has 0 aromatic heterocycles. The van der Waals surface area contributed by atoms with Gasteiger partial charge in [0.15, 0.2) is 0 Å². The second kappa shape index (κ2) is 4.47. The summed E-state index contributed by atoms with van der Waals surface area (Å²) in [6.07, 6.45) is 8.03. The van der Waals surface area contributed by atoms with Gasteiger partial charge in [-0.2, -0.15) is 0 Å². The van der Waals surface area contributed by atoms with E-state index in [4.69, 9.17) is 5.73 Å². The van der Waals surface area contributed by atoms with E-state index in [1.807, 2.05) is 0 Å². The van der Waals surface area contributed by atoms with Crippen molar-refractivity contribution in [2.75, 3.05) is 13.1 Å². The summed E-state index contributed by atoms with van der Waals surface area (Å²) in [5.41, 5.74) is 5.34. The maximum absolute atomic E-state index is 5.34. The average Bonchev–Trinajstić information content (AvgIpc) is 2.41. The Morgan fingerprint density at radius 3 is 3.10 bits per heavy atom. The van der Waals surface area contributed by atoms with E-state index in [0.29, 0.717) is 6.04 Å². The zero-order chi connectivity index (χ0) is 7.23. The fourth-order valence-electron chi connectivity index (χ4n) is 1.23. The highest BCUT2D eigenvalue weighted by molar-refractivity contribution is 4.95. The summed E-state index contributed by atoms with van der Waals surface area (Å²) in [6, 6.07) is 0.631. The first-order valence-corrected chi connectivity index (χ1v) is 4.03. The SMILES string of the molecule is NCC/C=C\C1CCCN1. The van der Waals surface area contributed by atoms with Gasteiger partial charge in [0, 0.05) is 6.04 Å². The summed E-state index contributed by atoms with van der Waals surface area (Å²) in [5, 5.41) is 3.39. The number of hydrogen-bond donors (Lipinski definition) is 2. The molecule has 1 atom stereocenters. The molecule has 1 rings (SSSR count). The van der Waals surface area contributed by atoms with Gasteiger partial charge in [-0.25, -0.2) is 0 Å². The molecule has 2 heteroatoms. The standard InChI is InChI=1S/C8H16N2/c9-6-2-1-4-8-5-3-7-10-8/h1,4,8,10H,2-3,5-7,9H2/b4-1-. The number of nitrogens with one attached hydrogen (secondary N) is 1. The van der Waals surface area contributed by atoms with Crippen LogP contribution < -0.4 is 11.1 Å². The molecule has 0 aromatic carbocycles. The topological polar surface area (TPSA) is 38.0 Å². The Morgan fingerprint density at radius 1 is 1.60 bits per heavy atom. The Hall–Kier alpha value is -0.340. The number of nitrogens with two attached hydrogens (primary N) is 1. The lowest BCUT2D eigenvalue weighted by molar-refractivity contribution is 0.724. The molecule has 0 spiro atoms. The molecule has 1 saturated heterocycles. The molecular formula is C8H16N2. The van der Waals surface area contributed by atoms with Crippen molar-refractivity contribution in [2.24, 2.45) is 5.73 Å². The lowest BCUT2D eigenvalue weighted by Crippen LogP contribution is -2.18. The molecule has 2 nitrogen and oxygen atoms in total. The van der Waals surface area contributed by atoms with Crippen LogP contribution in [-0.4, -0.2) is 19.1 Å². The molecule has 0 aromatic rings. The fraction of sp³-hybridized carbons (Fsp3) is 0.750. The van der Waals surface area contributed by atoms with Gasteiger partial charge in [-0.3, -0.25) is 0 Å². The minimum atomic E-state index is 0.631. The summed E-state index contributed by atoms with van der Waals surface area (Å²) in [5.74, 6) is 0. The monoisotopic (exact) mass is 140 g/mol. The van der Waals surface area contributed by atoms with Crippen LogP contribution in [-0.2, 0) is 0 Å². The molecule has 1 aliphatic heterocycles. The third-order valence-corrected chi connectivity index (χ3v) is 1.80. The first-order chi connectivity index (χ1) is 4.93. The van der Waals surface area contributed by atoms with E-state index >= 15 is 0 Å². The zero-order valence-corrected chi connectivity index (χ0v) is 6.34. The predicted molar refractivity (Wildman–Crippen MR) is 43.8 cm³/mol. The summed E-state index contributed by atoms with van der Waals surface area (Å²) in [7, 11) is 0. The van der Waals surface area contributed by atoms with Crippen LogP contribution in [0.15, 0.2) is 12.2 Å². The van der Waals surface area contributed by atoms with E-state index in [1.165, 1.54) is 19.4 Å². The van der Waals surface area contributed by atoms with Gasteiger partial charge in [-0.05, 0) is 32.4 Å². The Kier molecular flexibility index (Phi) is 3.47. The normalized spacial score (nSPS) is 26.3. The highest BCUT2D eigenvalue weighted by Gasteiger charge is 2.08. The lowest BCUT2D eigenvalue weighted by atomic mass is 10.2. The van der Waals surface area contributed by atoms with Crippen molar-refractivity contribution >= 4 is 0 Å². The molecule has 0 saturated carbocycles. The third kappa shape index (κ3) is 2.50. The van der Waals surface area contributed by atoms with Crippen LogP contribution in [0, 0.1) is 0 Å². The molecule has 10 heavy (non-hydrogen) atoms. The Morgan fingerprint density at radius 2 is 2.50 bits per heavy atom. The smallest absolute Gasteiger partial charge is 0.0250 e. The summed E-state index contributed by atoms with van der Waals surface area (Å²) >= 11 is 0. The van der Waals surface area contributed by atoms with Gasteiger partial charge in [0.05, 0.1) is 0 Å². The first kappa shape index (κ1) is 7.76. The second-order valence-corrected chi connectivity index (χ2v) is 2.71. The van der Waals surface area contributed by atoms with Crippen LogP contribution in [0.25, 0.3) is 0 Å². The summed E-state index contributed by atoms with van der Waals surface area (Å²) in [6.45, 7) is 1.95. The first-order valence-electron chi connectivity index (χ1n) is 4.03. The van der Waals surface area contributed by atoms with Gasteiger partial charge < -0.3 is 11.1 Å². The molecular weight excluding hydrogens is 124 g/mol. The molecule has 0 radical (unpaired) electrons. The minimum Gasteiger partial charge on any atom is -0.330 e. The van der Waals surface area contributed by atoms with Crippen LogP contribution in [0.2, 0.25) is 0 Å². The van der Waals surface area contributed by atoms with Crippen LogP contribution in [0.5, 0.6) is 0 Å². The van der Waals surface area contributed by atoms with Gasteiger partial charge >= 0.3 is 0 Å². The molecule has 3 N–H and O–H groups in total. The molecule has 1 fully saturated rings. The quantitative estimate of drug-likeness (QED) is 0.565. The highest BCUT2D eigenvalue weighted by atomic mass is 14.9.